The molecule has 0 radical (unpaired) electrons. The van der Waals surface area contributed by atoms with Crippen molar-refractivity contribution in [3.8, 4) is 0 Å². The van der Waals surface area contributed by atoms with Crippen molar-refractivity contribution in [2.45, 2.75) is 38.3 Å². The number of likely N-dealkylation sites (N-methyl/N-ethyl adjacent to an activating group) is 1. The Hall–Kier alpha value is -1.42. The highest BCUT2D eigenvalue weighted by Gasteiger charge is 2.42. The number of hydrogen-bond donors (Lipinski definition) is 1. The molecule has 2 N–H and O–H groups in total. The van der Waals surface area contributed by atoms with Crippen LogP contribution >= 0.6 is 0 Å². The topological polar surface area (TPSA) is 59.2 Å². The largest absolute Gasteiger partial charge is 0.335 e. The Balaban J connectivity index is 2.04. The van der Waals surface area contributed by atoms with Crippen LogP contribution in [0.15, 0.2) is 24.4 Å². The third kappa shape index (κ3) is 2.47. The molecule has 1 aromatic rings. The van der Waals surface area contributed by atoms with Crippen LogP contribution < -0.4 is 5.73 Å². The Morgan fingerprint density at radius 3 is 2.76 bits per heavy atom. The molecule has 17 heavy (non-hydrogen) atoms. The summed E-state index contributed by atoms with van der Waals surface area (Å²) in [7, 11) is 0. The second kappa shape index (κ2) is 4.84. The SMILES string of the molecule is CCN(Cc1ccccn1)C(=O)C1(N)CCC1. The normalized spacial score (nSPS) is 17.3. The van der Waals surface area contributed by atoms with Crippen LogP contribution in [0.5, 0.6) is 0 Å². The fourth-order valence-corrected chi connectivity index (χ4v) is 2.10. The molecule has 0 spiro atoms. The summed E-state index contributed by atoms with van der Waals surface area (Å²) in [4.78, 5) is 18.3. The Morgan fingerprint density at radius 1 is 1.53 bits per heavy atom. The van der Waals surface area contributed by atoms with Crippen LogP contribution in [0.25, 0.3) is 0 Å². The van der Waals surface area contributed by atoms with Gasteiger partial charge in [-0.3, -0.25) is 9.78 Å². The Morgan fingerprint density at radius 2 is 2.29 bits per heavy atom. The van der Waals surface area contributed by atoms with E-state index in [-0.39, 0.29) is 5.91 Å². The number of nitrogens with two attached hydrogens (primary N) is 1. The van der Waals surface area contributed by atoms with Crippen molar-refractivity contribution in [2.75, 3.05) is 6.54 Å². The average molecular weight is 233 g/mol. The fourth-order valence-electron chi connectivity index (χ4n) is 2.10. The summed E-state index contributed by atoms with van der Waals surface area (Å²) in [5.41, 5.74) is 6.37. The lowest BCUT2D eigenvalue weighted by atomic mass is 9.76. The van der Waals surface area contributed by atoms with E-state index in [1.54, 1.807) is 11.1 Å². The van der Waals surface area contributed by atoms with Gasteiger partial charge in [0.05, 0.1) is 17.8 Å². The van der Waals surface area contributed by atoms with E-state index < -0.39 is 5.54 Å². The minimum Gasteiger partial charge on any atom is -0.335 e. The van der Waals surface area contributed by atoms with E-state index in [1.807, 2.05) is 25.1 Å². The van der Waals surface area contributed by atoms with Crippen LogP contribution in [0.4, 0.5) is 0 Å². The highest BCUT2D eigenvalue weighted by Crippen LogP contribution is 2.31. The monoisotopic (exact) mass is 233 g/mol. The van der Waals surface area contributed by atoms with E-state index in [1.165, 1.54) is 0 Å². The van der Waals surface area contributed by atoms with E-state index in [0.29, 0.717) is 13.1 Å². The molecule has 1 aliphatic carbocycles. The lowest BCUT2D eigenvalue weighted by Gasteiger charge is -2.40. The number of carbonyl (C=O) groups excluding carboxylic acids is 1. The summed E-state index contributed by atoms with van der Waals surface area (Å²) < 4.78 is 0. The summed E-state index contributed by atoms with van der Waals surface area (Å²) >= 11 is 0. The van der Waals surface area contributed by atoms with Crippen molar-refractivity contribution in [1.82, 2.24) is 9.88 Å². The van der Waals surface area contributed by atoms with Gasteiger partial charge in [0.15, 0.2) is 0 Å². The number of nitrogens with zero attached hydrogens (tertiary/aromatic N) is 2. The third-order valence-corrected chi connectivity index (χ3v) is 3.42. The second-order valence-corrected chi connectivity index (χ2v) is 4.65. The smallest absolute Gasteiger partial charge is 0.242 e. The molecular weight excluding hydrogens is 214 g/mol. The average Bonchev–Trinajstić information content (AvgIpc) is 2.33. The maximum atomic E-state index is 12.3. The Bertz CT molecular complexity index is 387. The molecule has 0 aromatic carbocycles. The zero-order valence-electron chi connectivity index (χ0n) is 10.2. The predicted octanol–water partition coefficient (Wildman–Crippen LogP) is 1.31. The lowest BCUT2D eigenvalue weighted by Crippen LogP contribution is -2.59. The Kier molecular flexibility index (Phi) is 3.43. The van der Waals surface area contributed by atoms with Gasteiger partial charge in [0.1, 0.15) is 0 Å². The number of amides is 1. The van der Waals surface area contributed by atoms with Gasteiger partial charge in [0.2, 0.25) is 5.91 Å². The van der Waals surface area contributed by atoms with E-state index in [9.17, 15) is 4.79 Å². The quantitative estimate of drug-likeness (QED) is 0.853. The minimum absolute atomic E-state index is 0.0666. The summed E-state index contributed by atoms with van der Waals surface area (Å²) in [6.45, 7) is 3.20. The first-order valence-corrected chi connectivity index (χ1v) is 6.14. The molecule has 4 nitrogen and oxygen atoms in total. The number of rotatable bonds is 4. The molecule has 0 unspecified atom stereocenters. The van der Waals surface area contributed by atoms with E-state index in [2.05, 4.69) is 4.98 Å². The van der Waals surface area contributed by atoms with Crippen LogP contribution in [-0.2, 0) is 11.3 Å². The number of carbonyl (C=O) groups is 1. The standard InChI is InChI=1S/C13H19N3O/c1-2-16(10-11-6-3-4-9-15-11)12(17)13(14)7-5-8-13/h3-4,6,9H,2,5,7-8,10,14H2,1H3. The maximum absolute atomic E-state index is 12.3. The van der Waals surface area contributed by atoms with Crippen molar-refractivity contribution in [3.05, 3.63) is 30.1 Å². The van der Waals surface area contributed by atoms with Crippen LogP contribution in [-0.4, -0.2) is 27.9 Å². The van der Waals surface area contributed by atoms with Gasteiger partial charge in [0, 0.05) is 12.7 Å². The van der Waals surface area contributed by atoms with Crippen LogP contribution in [0.2, 0.25) is 0 Å². The summed E-state index contributed by atoms with van der Waals surface area (Å²) in [6.07, 6.45) is 4.42. The molecule has 1 saturated carbocycles. The fraction of sp³-hybridized carbons (Fsp3) is 0.538. The van der Waals surface area contributed by atoms with Gasteiger partial charge < -0.3 is 10.6 Å². The van der Waals surface area contributed by atoms with Crippen LogP contribution in [0, 0.1) is 0 Å². The summed E-state index contributed by atoms with van der Waals surface area (Å²) in [6, 6.07) is 5.74. The van der Waals surface area contributed by atoms with Crippen molar-refractivity contribution < 1.29 is 4.79 Å². The van der Waals surface area contributed by atoms with Crippen LogP contribution in [0.1, 0.15) is 31.9 Å². The molecule has 2 rings (SSSR count). The minimum atomic E-state index is -0.606. The van der Waals surface area contributed by atoms with Crippen LogP contribution in [0.3, 0.4) is 0 Å². The molecule has 1 aliphatic rings. The molecule has 0 bridgehead atoms. The molecule has 1 fully saturated rings. The predicted molar refractivity (Wildman–Crippen MR) is 66.1 cm³/mol. The molecular formula is C13H19N3O. The number of hydrogen-bond acceptors (Lipinski definition) is 3. The summed E-state index contributed by atoms with van der Waals surface area (Å²) in [5.74, 6) is 0.0666. The number of aromatic nitrogens is 1. The van der Waals surface area contributed by atoms with E-state index in [4.69, 9.17) is 5.73 Å². The van der Waals surface area contributed by atoms with Gasteiger partial charge in [-0.1, -0.05) is 6.07 Å². The molecule has 0 atom stereocenters. The first-order valence-electron chi connectivity index (χ1n) is 6.14. The zero-order valence-corrected chi connectivity index (χ0v) is 10.2. The van der Waals surface area contributed by atoms with Gasteiger partial charge >= 0.3 is 0 Å². The number of pyridine rings is 1. The maximum Gasteiger partial charge on any atom is 0.242 e. The van der Waals surface area contributed by atoms with Gasteiger partial charge in [-0.15, -0.1) is 0 Å². The van der Waals surface area contributed by atoms with Crippen molar-refractivity contribution in [1.29, 1.82) is 0 Å². The van der Waals surface area contributed by atoms with Crippen molar-refractivity contribution in [3.63, 3.8) is 0 Å². The van der Waals surface area contributed by atoms with Gasteiger partial charge in [-0.05, 0) is 38.3 Å². The van der Waals surface area contributed by atoms with E-state index >= 15 is 0 Å². The Labute approximate surface area is 102 Å². The van der Waals surface area contributed by atoms with Crippen molar-refractivity contribution >= 4 is 5.91 Å². The molecule has 1 heterocycles. The molecule has 1 amide bonds. The zero-order chi connectivity index (χ0) is 12.3. The van der Waals surface area contributed by atoms with Gasteiger partial charge in [-0.25, -0.2) is 0 Å². The highest BCUT2D eigenvalue weighted by molar-refractivity contribution is 5.87. The van der Waals surface area contributed by atoms with E-state index in [0.717, 1.165) is 25.0 Å². The second-order valence-electron chi connectivity index (χ2n) is 4.65. The highest BCUT2D eigenvalue weighted by atomic mass is 16.2. The first kappa shape index (κ1) is 12.0. The van der Waals surface area contributed by atoms with Gasteiger partial charge in [0.25, 0.3) is 0 Å². The first-order chi connectivity index (χ1) is 8.15. The van der Waals surface area contributed by atoms with Crippen molar-refractivity contribution in [2.24, 2.45) is 5.73 Å². The van der Waals surface area contributed by atoms with Gasteiger partial charge in [-0.2, -0.15) is 0 Å². The summed E-state index contributed by atoms with van der Waals surface area (Å²) in [5, 5.41) is 0. The molecule has 4 heteroatoms. The molecule has 1 aromatic heterocycles. The third-order valence-electron chi connectivity index (χ3n) is 3.42. The molecule has 0 aliphatic heterocycles. The molecule has 92 valence electrons. The lowest BCUT2D eigenvalue weighted by molar-refractivity contribution is -0.140. The molecule has 0 saturated heterocycles.